The summed E-state index contributed by atoms with van der Waals surface area (Å²) in [5.41, 5.74) is 2.12. The average Bonchev–Trinajstić information content (AvgIpc) is 3.04. The van der Waals surface area contributed by atoms with Crippen LogP contribution in [0, 0.1) is 4.77 Å². The molecule has 1 aliphatic heterocycles. The lowest BCUT2D eigenvalue weighted by Crippen LogP contribution is -2.29. The molecular formula is C19H19N3OS. The third-order valence-corrected chi connectivity index (χ3v) is 5.00. The van der Waals surface area contributed by atoms with Crippen LogP contribution in [0.25, 0.3) is 10.9 Å². The van der Waals surface area contributed by atoms with Crippen LogP contribution in [0.5, 0.6) is 0 Å². The van der Waals surface area contributed by atoms with Crippen LogP contribution >= 0.6 is 12.2 Å². The van der Waals surface area contributed by atoms with Gasteiger partial charge in [0.2, 0.25) is 0 Å². The number of likely N-dealkylation sites (tertiary alicyclic amines) is 1. The predicted octanol–water partition coefficient (Wildman–Crippen LogP) is 3.51. The Morgan fingerprint density at radius 2 is 1.83 bits per heavy atom. The predicted molar refractivity (Wildman–Crippen MR) is 98.8 cm³/mol. The maximum absolute atomic E-state index is 12.9. The molecule has 1 N–H and O–H groups in total. The Kier molecular flexibility index (Phi) is 4.04. The van der Waals surface area contributed by atoms with E-state index in [1.54, 1.807) is 4.57 Å². The molecule has 5 heteroatoms. The van der Waals surface area contributed by atoms with Crippen LogP contribution in [0.4, 0.5) is 0 Å². The Bertz CT molecular complexity index is 977. The number of para-hydroxylation sites is 1. The van der Waals surface area contributed by atoms with Gasteiger partial charge in [0.15, 0.2) is 4.77 Å². The Morgan fingerprint density at radius 3 is 2.67 bits per heavy atom. The van der Waals surface area contributed by atoms with Crippen molar-refractivity contribution in [1.29, 1.82) is 0 Å². The number of hydrogen-bond acceptors (Lipinski definition) is 3. The summed E-state index contributed by atoms with van der Waals surface area (Å²) in [6, 6.07) is 18.1. The highest BCUT2D eigenvalue weighted by molar-refractivity contribution is 7.71. The highest BCUT2D eigenvalue weighted by atomic mass is 32.1. The minimum Gasteiger partial charge on any atom is -0.332 e. The maximum atomic E-state index is 12.9. The standard InChI is InChI=1S/C19H19N3OS/c23-18-16-8-4-5-9-17(16)20-19(24)22(18)15-10-11-21(13-15)12-14-6-2-1-3-7-14/h1-9,15H,10-13H2,(H,20,24)/t15-/m1/s1. The van der Waals surface area contributed by atoms with Gasteiger partial charge in [0.25, 0.3) is 5.56 Å². The zero-order chi connectivity index (χ0) is 16.5. The number of nitrogens with one attached hydrogen (secondary N) is 1. The van der Waals surface area contributed by atoms with Gasteiger partial charge >= 0.3 is 0 Å². The van der Waals surface area contributed by atoms with Gasteiger partial charge in [-0.2, -0.15) is 0 Å². The Labute approximate surface area is 145 Å². The van der Waals surface area contributed by atoms with Gasteiger partial charge in [0.05, 0.1) is 16.9 Å². The van der Waals surface area contributed by atoms with Crippen LogP contribution in [-0.2, 0) is 6.54 Å². The van der Waals surface area contributed by atoms with E-state index in [4.69, 9.17) is 12.2 Å². The summed E-state index contributed by atoms with van der Waals surface area (Å²) in [5, 5.41) is 0.701. The van der Waals surface area contributed by atoms with Crippen LogP contribution in [0.3, 0.4) is 0 Å². The van der Waals surface area contributed by atoms with Crippen LogP contribution in [0.15, 0.2) is 59.4 Å². The van der Waals surface area contributed by atoms with E-state index in [1.165, 1.54) is 5.56 Å². The lowest BCUT2D eigenvalue weighted by atomic mass is 10.2. The molecule has 1 saturated heterocycles. The molecule has 0 saturated carbocycles. The fraction of sp³-hybridized carbons (Fsp3) is 0.263. The quantitative estimate of drug-likeness (QED) is 0.744. The first kappa shape index (κ1) is 15.3. The lowest BCUT2D eigenvalue weighted by Gasteiger charge is -2.18. The molecule has 3 aromatic rings. The first-order chi connectivity index (χ1) is 11.7. The van der Waals surface area contributed by atoms with Crippen molar-refractivity contribution in [1.82, 2.24) is 14.5 Å². The van der Waals surface area contributed by atoms with Crippen molar-refractivity contribution in [2.75, 3.05) is 13.1 Å². The summed E-state index contributed by atoms with van der Waals surface area (Å²) >= 11 is 5.46. The third-order valence-electron chi connectivity index (χ3n) is 4.70. The number of H-pyrrole nitrogens is 1. The summed E-state index contributed by atoms with van der Waals surface area (Å²) < 4.78 is 2.29. The first-order valence-corrected chi connectivity index (χ1v) is 8.63. The van der Waals surface area contributed by atoms with Crippen LogP contribution < -0.4 is 5.56 Å². The lowest BCUT2D eigenvalue weighted by molar-refractivity contribution is 0.314. The van der Waals surface area contributed by atoms with Crippen molar-refractivity contribution < 1.29 is 0 Å². The largest absolute Gasteiger partial charge is 0.332 e. The van der Waals surface area contributed by atoms with Gasteiger partial charge in [-0.05, 0) is 36.3 Å². The highest BCUT2D eigenvalue weighted by Crippen LogP contribution is 2.23. The molecule has 0 aliphatic carbocycles. The van der Waals surface area contributed by atoms with Gasteiger partial charge in [0, 0.05) is 19.6 Å². The summed E-state index contributed by atoms with van der Waals surface area (Å²) in [5.74, 6) is 0. The molecule has 1 fully saturated rings. The van der Waals surface area contributed by atoms with E-state index < -0.39 is 0 Å². The molecule has 0 radical (unpaired) electrons. The van der Waals surface area contributed by atoms with Gasteiger partial charge in [-0.15, -0.1) is 0 Å². The normalized spacial score (nSPS) is 18.2. The molecule has 2 heterocycles. The summed E-state index contributed by atoms with van der Waals surface area (Å²) in [7, 11) is 0. The van der Waals surface area contributed by atoms with Gasteiger partial charge in [-0.25, -0.2) is 0 Å². The number of aromatic amines is 1. The molecule has 122 valence electrons. The molecule has 0 bridgehead atoms. The molecule has 0 amide bonds. The van der Waals surface area contributed by atoms with Gasteiger partial charge in [-0.3, -0.25) is 14.3 Å². The van der Waals surface area contributed by atoms with Crippen molar-refractivity contribution in [2.24, 2.45) is 0 Å². The third kappa shape index (κ3) is 2.81. The average molecular weight is 337 g/mol. The molecule has 4 rings (SSSR count). The molecular weight excluding hydrogens is 318 g/mol. The second-order valence-electron chi connectivity index (χ2n) is 6.31. The molecule has 0 spiro atoms. The Morgan fingerprint density at radius 1 is 1.08 bits per heavy atom. The molecule has 1 atom stereocenters. The fourth-order valence-corrected chi connectivity index (χ4v) is 3.86. The zero-order valence-corrected chi connectivity index (χ0v) is 14.1. The molecule has 0 unspecified atom stereocenters. The number of aromatic nitrogens is 2. The van der Waals surface area contributed by atoms with Gasteiger partial charge in [-0.1, -0.05) is 42.5 Å². The monoisotopic (exact) mass is 337 g/mol. The van der Waals surface area contributed by atoms with Gasteiger partial charge < -0.3 is 4.98 Å². The van der Waals surface area contributed by atoms with Crippen LogP contribution in [-0.4, -0.2) is 27.5 Å². The number of hydrogen-bond donors (Lipinski definition) is 1. The smallest absolute Gasteiger partial charge is 0.262 e. The minimum atomic E-state index is 0.0147. The van der Waals surface area contributed by atoms with Crippen molar-refractivity contribution >= 4 is 23.1 Å². The highest BCUT2D eigenvalue weighted by Gasteiger charge is 2.25. The van der Waals surface area contributed by atoms with Crippen LogP contribution in [0.1, 0.15) is 18.0 Å². The van der Waals surface area contributed by atoms with Crippen molar-refractivity contribution in [3.05, 3.63) is 75.3 Å². The van der Waals surface area contributed by atoms with E-state index in [9.17, 15) is 4.79 Å². The zero-order valence-electron chi connectivity index (χ0n) is 13.3. The summed E-state index contributed by atoms with van der Waals surface area (Å²) in [4.78, 5) is 18.4. The van der Waals surface area contributed by atoms with E-state index >= 15 is 0 Å². The molecule has 2 aromatic carbocycles. The fourth-order valence-electron chi connectivity index (χ4n) is 3.52. The molecule has 4 nitrogen and oxygen atoms in total. The number of nitrogens with zero attached hydrogens (tertiary/aromatic N) is 2. The Balaban J connectivity index is 1.62. The van der Waals surface area contributed by atoms with Crippen molar-refractivity contribution in [3.63, 3.8) is 0 Å². The second kappa shape index (κ2) is 6.34. The molecule has 1 aromatic heterocycles. The maximum Gasteiger partial charge on any atom is 0.262 e. The van der Waals surface area contributed by atoms with Crippen molar-refractivity contribution in [3.8, 4) is 0 Å². The van der Waals surface area contributed by atoms with Gasteiger partial charge in [0.1, 0.15) is 0 Å². The number of fused-ring (bicyclic) bond motifs is 1. The second-order valence-corrected chi connectivity index (χ2v) is 6.70. The summed E-state index contributed by atoms with van der Waals surface area (Å²) in [6.07, 6.45) is 0.947. The number of rotatable bonds is 3. The Hall–Kier alpha value is -2.24. The summed E-state index contributed by atoms with van der Waals surface area (Å²) in [6.45, 7) is 2.74. The molecule has 24 heavy (non-hydrogen) atoms. The van der Waals surface area contributed by atoms with E-state index in [2.05, 4.69) is 34.1 Å². The molecule has 1 aliphatic rings. The van der Waals surface area contributed by atoms with E-state index in [0.717, 1.165) is 31.6 Å². The van der Waals surface area contributed by atoms with Crippen molar-refractivity contribution in [2.45, 2.75) is 19.0 Å². The van der Waals surface area contributed by atoms with Crippen LogP contribution in [0.2, 0.25) is 0 Å². The number of benzene rings is 2. The minimum absolute atomic E-state index is 0.0147. The SMILES string of the molecule is O=c1c2ccccc2[nH]c(=S)n1[C@@H]1CCN(Cc2ccccc2)C1. The van der Waals surface area contributed by atoms with E-state index in [0.29, 0.717) is 10.2 Å². The van der Waals surface area contributed by atoms with E-state index in [-0.39, 0.29) is 11.6 Å². The van der Waals surface area contributed by atoms with E-state index in [1.807, 2.05) is 30.3 Å². The first-order valence-electron chi connectivity index (χ1n) is 8.22. The topological polar surface area (TPSA) is 41.0 Å².